The number of ether oxygens (including phenoxy) is 4. The number of pyridine rings is 1. The molecule has 0 saturated heterocycles. The molecule has 3 aromatic heterocycles. The van der Waals surface area contributed by atoms with E-state index in [9.17, 15) is 8.42 Å². The fraction of sp³-hybridized carbons (Fsp3) is 0.360. The Hall–Kier alpha value is -4.21. The van der Waals surface area contributed by atoms with Crippen molar-refractivity contribution < 1.29 is 27.4 Å². The number of nitrogens with one attached hydrogen (secondary N) is 3. The number of H-pyrrole nitrogens is 1. The van der Waals surface area contributed by atoms with Crippen molar-refractivity contribution in [2.24, 2.45) is 0 Å². The summed E-state index contributed by atoms with van der Waals surface area (Å²) in [5.74, 6) is 1.96. The molecular formula is C25H30N8O6S. The van der Waals surface area contributed by atoms with E-state index >= 15 is 0 Å². The first-order valence-electron chi connectivity index (χ1n) is 12.5. The van der Waals surface area contributed by atoms with Crippen molar-refractivity contribution in [1.82, 2.24) is 25.1 Å². The van der Waals surface area contributed by atoms with Crippen LogP contribution in [0.1, 0.15) is 5.56 Å². The maximum Gasteiger partial charge on any atom is 0.232 e. The monoisotopic (exact) mass is 570 g/mol. The molecule has 0 bridgehead atoms. The number of fused-ring (bicyclic) bond motifs is 2. The lowest BCUT2D eigenvalue weighted by molar-refractivity contribution is 0.0223. The fourth-order valence-electron chi connectivity index (χ4n) is 3.92. The van der Waals surface area contributed by atoms with Crippen molar-refractivity contribution in [3.05, 3.63) is 48.4 Å². The minimum absolute atomic E-state index is 0.282. The Morgan fingerprint density at radius 1 is 0.975 bits per heavy atom. The van der Waals surface area contributed by atoms with Crippen LogP contribution in [0, 0.1) is 0 Å². The minimum Gasteiger partial charge on any atom is -0.487 e. The number of hydrogen-bond acceptors (Lipinski definition) is 12. The first-order chi connectivity index (χ1) is 19.4. The zero-order valence-electron chi connectivity index (χ0n) is 22.1. The molecule has 14 nitrogen and oxygen atoms in total. The Morgan fingerprint density at radius 2 is 1.73 bits per heavy atom. The second kappa shape index (κ2) is 12.3. The van der Waals surface area contributed by atoms with Crippen LogP contribution < -0.4 is 24.4 Å². The van der Waals surface area contributed by atoms with Crippen molar-refractivity contribution in [1.29, 1.82) is 0 Å². The fourth-order valence-corrected chi connectivity index (χ4v) is 4.44. The van der Waals surface area contributed by atoms with Gasteiger partial charge in [0.15, 0.2) is 17.1 Å². The van der Waals surface area contributed by atoms with E-state index in [4.69, 9.17) is 18.9 Å². The lowest BCUT2D eigenvalue weighted by Gasteiger charge is -2.20. The van der Waals surface area contributed by atoms with Crippen LogP contribution in [-0.4, -0.2) is 86.5 Å². The molecule has 1 aromatic carbocycles. The highest BCUT2D eigenvalue weighted by molar-refractivity contribution is 7.92. The Labute approximate surface area is 231 Å². The molecule has 0 unspecified atom stereocenters. The van der Waals surface area contributed by atoms with Gasteiger partial charge in [-0.05, 0) is 23.8 Å². The third-order valence-electron chi connectivity index (χ3n) is 6.02. The summed E-state index contributed by atoms with van der Waals surface area (Å²) in [4.78, 5) is 13.3. The Morgan fingerprint density at radius 3 is 2.50 bits per heavy atom. The third kappa shape index (κ3) is 6.67. The molecular weight excluding hydrogens is 540 g/mol. The number of rotatable bonds is 7. The van der Waals surface area contributed by atoms with Crippen molar-refractivity contribution in [2.75, 3.05) is 67.9 Å². The van der Waals surface area contributed by atoms with Gasteiger partial charge in [-0.1, -0.05) is 0 Å². The molecule has 4 heterocycles. The smallest absolute Gasteiger partial charge is 0.232 e. The van der Waals surface area contributed by atoms with Gasteiger partial charge in [-0.3, -0.25) is 14.4 Å². The zero-order chi connectivity index (χ0) is 28.0. The number of aromatic nitrogens is 5. The van der Waals surface area contributed by atoms with Crippen LogP contribution in [0.15, 0.2) is 42.9 Å². The summed E-state index contributed by atoms with van der Waals surface area (Å²) in [5, 5.41) is 14.1. The summed E-state index contributed by atoms with van der Waals surface area (Å²) in [6, 6.07) is 7.20. The van der Waals surface area contributed by atoms with E-state index in [1.165, 1.54) is 17.5 Å². The molecule has 40 heavy (non-hydrogen) atoms. The summed E-state index contributed by atoms with van der Waals surface area (Å²) in [5.41, 5.74) is 2.39. The minimum atomic E-state index is -3.46. The van der Waals surface area contributed by atoms with Crippen LogP contribution in [0.25, 0.3) is 11.0 Å². The molecule has 0 amide bonds. The van der Waals surface area contributed by atoms with Crippen molar-refractivity contribution >= 4 is 44.2 Å². The average molecular weight is 571 g/mol. The van der Waals surface area contributed by atoms with E-state index in [1.54, 1.807) is 30.6 Å². The third-order valence-corrected chi connectivity index (χ3v) is 7.21. The number of aromatic amines is 1. The van der Waals surface area contributed by atoms with E-state index in [0.29, 0.717) is 85.3 Å². The molecule has 15 heteroatoms. The molecule has 4 aromatic rings. The molecule has 5 rings (SSSR count). The van der Waals surface area contributed by atoms with Gasteiger partial charge in [-0.2, -0.15) is 15.1 Å². The van der Waals surface area contributed by atoms with E-state index in [1.807, 2.05) is 6.07 Å². The summed E-state index contributed by atoms with van der Waals surface area (Å²) < 4.78 is 48.1. The van der Waals surface area contributed by atoms with E-state index < -0.39 is 10.0 Å². The van der Waals surface area contributed by atoms with Gasteiger partial charge >= 0.3 is 0 Å². The zero-order valence-corrected chi connectivity index (χ0v) is 22.9. The Bertz CT molecular complexity index is 1560. The predicted molar refractivity (Wildman–Crippen MR) is 149 cm³/mol. The second-order valence-corrected chi connectivity index (χ2v) is 10.8. The highest BCUT2D eigenvalue weighted by Gasteiger charge is 2.17. The average Bonchev–Trinajstić information content (AvgIpc) is 3.41. The number of anilines is 4. The molecule has 0 spiro atoms. The molecule has 0 fully saturated rings. The highest BCUT2D eigenvalue weighted by Crippen LogP contribution is 2.32. The highest BCUT2D eigenvalue weighted by atomic mass is 32.2. The van der Waals surface area contributed by atoms with E-state index in [2.05, 4.69) is 35.8 Å². The molecule has 212 valence electrons. The molecule has 0 radical (unpaired) electrons. The summed E-state index contributed by atoms with van der Waals surface area (Å²) in [6.07, 6.45) is 5.88. The van der Waals surface area contributed by atoms with Crippen LogP contribution >= 0.6 is 0 Å². The number of nitrogens with zero attached hydrogens (tertiary/aromatic N) is 5. The molecule has 1 aliphatic rings. The van der Waals surface area contributed by atoms with Crippen LogP contribution in [0.3, 0.4) is 0 Å². The van der Waals surface area contributed by atoms with Crippen LogP contribution in [-0.2, 0) is 26.0 Å². The quantitative estimate of drug-likeness (QED) is 0.297. The maximum atomic E-state index is 12.1. The Balaban J connectivity index is 1.37. The first kappa shape index (κ1) is 27.4. The molecule has 1 aliphatic heterocycles. The number of benzene rings is 1. The summed E-state index contributed by atoms with van der Waals surface area (Å²) >= 11 is 0. The van der Waals surface area contributed by atoms with Crippen LogP contribution in [0.4, 0.5) is 23.1 Å². The van der Waals surface area contributed by atoms with Gasteiger partial charge in [0, 0.05) is 31.5 Å². The predicted octanol–water partition coefficient (Wildman–Crippen LogP) is 2.30. The van der Waals surface area contributed by atoms with E-state index in [0.717, 1.165) is 11.8 Å². The van der Waals surface area contributed by atoms with Crippen LogP contribution in [0.5, 0.6) is 11.5 Å². The lowest BCUT2D eigenvalue weighted by atomic mass is 10.2. The van der Waals surface area contributed by atoms with Crippen molar-refractivity contribution in [2.45, 2.75) is 6.54 Å². The molecule has 0 atom stereocenters. The number of hydrogen-bond donors (Lipinski definition) is 3. The normalized spacial score (nSPS) is 14.7. The SMILES string of the molecule is CN(c1cnccc1CNc1nc(Nc2ccc3c(c2)OCCOCCOCCO3)nc2[nH]ncc12)S(C)(=O)=O. The van der Waals surface area contributed by atoms with Gasteiger partial charge in [0.1, 0.15) is 19.0 Å². The lowest BCUT2D eigenvalue weighted by Crippen LogP contribution is -2.26. The van der Waals surface area contributed by atoms with Gasteiger partial charge in [-0.15, -0.1) is 0 Å². The van der Waals surface area contributed by atoms with Gasteiger partial charge in [0.25, 0.3) is 0 Å². The van der Waals surface area contributed by atoms with Gasteiger partial charge in [0.2, 0.25) is 16.0 Å². The van der Waals surface area contributed by atoms with Crippen LogP contribution in [0.2, 0.25) is 0 Å². The van der Waals surface area contributed by atoms with Gasteiger partial charge < -0.3 is 29.6 Å². The largest absolute Gasteiger partial charge is 0.487 e. The first-order valence-corrected chi connectivity index (χ1v) is 14.4. The van der Waals surface area contributed by atoms with Gasteiger partial charge in [0.05, 0.1) is 56.2 Å². The number of sulfonamides is 1. The van der Waals surface area contributed by atoms with Crippen molar-refractivity contribution in [3.8, 4) is 11.5 Å². The molecule has 0 saturated carbocycles. The van der Waals surface area contributed by atoms with Gasteiger partial charge in [-0.25, -0.2) is 8.42 Å². The second-order valence-electron chi connectivity index (χ2n) is 8.82. The maximum absolute atomic E-state index is 12.1. The molecule has 0 aliphatic carbocycles. The van der Waals surface area contributed by atoms with Crippen molar-refractivity contribution in [3.63, 3.8) is 0 Å². The standard InChI is InChI=1S/C25H30N8O6S/c1-33(40(2,34)35)20-16-26-6-5-17(20)14-27-23-19-15-28-32-24(19)31-25(30-23)29-18-3-4-21-22(13-18)39-12-10-37-8-7-36-9-11-38-21/h3-6,13,15-16H,7-12,14H2,1-2H3,(H3,27,28,29,30,31,32). The summed E-state index contributed by atoms with van der Waals surface area (Å²) in [7, 11) is -1.98. The van der Waals surface area contributed by atoms with E-state index in [-0.39, 0.29) is 6.54 Å². The Kier molecular flexibility index (Phi) is 8.42. The molecule has 3 N–H and O–H groups in total. The summed E-state index contributed by atoms with van der Waals surface area (Å²) in [6.45, 7) is 2.91. The topological polar surface area (TPSA) is 166 Å².